The number of carbonyl (C=O) groups excluding carboxylic acids is 2. The Kier molecular flexibility index (Phi) is 12.9. The van der Waals surface area contributed by atoms with Gasteiger partial charge in [0.2, 0.25) is 7.44 Å². The molecule has 4 aromatic rings. The number of esters is 2. The first-order chi connectivity index (χ1) is 23.5. The minimum atomic E-state index is -3.36. The average Bonchev–Trinajstić information content (AvgIpc) is 3.46. The van der Waals surface area contributed by atoms with E-state index in [1.807, 2.05) is 77.3 Å². The SMILES string of the molecule is C[C@H](Cn1cnc2c(N)ncnc21)OC[P@](=O)(NCCc1ccccc1C(=O)OCC(C)(C)C)NCCc1ccccc1C(=O)OC(C)(C)C. The van der Waals surface area contributed by atoms with Gasteiger partial charge in [-0.1, -0.05) is 57.2 Å². The number of hydrogen-bond acceptors (Lipinski definition) is 10. The summed E-state index contributed by atoms with van der Waals surface area (Å²) in [5.41, 5.74) is 8.70. The maximum Gasteiger partial charge on any atom is 0.338 e. The second-order valence-electron chi connectivity index (χ2n) is 14.4. The topological polar surface area (TPSA) is 173 Å². The molecule has 270 valence electrons. The number of hydrogen-bond donors (Lipinski definition) is 3. The molecular formula is C36H50N7O6P. The van der Waals surface area contributed by atoms with Crippen LogP contribution in [0.25, 0.3) is 11.2 Å². The van der Waals surface area contributed by atoms with Crippen LogP contribution in [0.15, 0.2) is 61.2 Å². The molecule has 0 unspecified atom stereocenters. The smallest absolute Gasteiger partial charge is 0.338 e. The molecule has 0 saturated heterocycles. The van der Waals surface area contributed by atoms with Crippen LogP contribution in [0.5, 0.6) is 0 Å². The van der Waals surface area contributed by atoms with Gasteiger partial charge in [-0.25, -0.2) is 24.5 Å². The van der Waals surface area contributed by atoms with Crippen molar-refractivity contribution < 1.29 is 28.4 Å². The van der Waals surface area contributed by atoms with E-state index in [0.29, 0.717) is 61.4 Å². The highest BCUT2D eigenvalue weighted by Gasteiger charge is 2.25. The number of imidazole rings is 1. The Morgan fingerprint density at radius 2 is 1.46 bits per heavy atom. The molecule has 0 aliphatic rings. The Morgan fingerprint density at radius 1 is 0.880 bits per heavy atom. The highest BCUT2D eigenvalue weighted by molar-refractivity contribution is 7.59. The van der Waals surface area contributed by atoms with Crippen LogP contribution in [0.3, 0.4) is 0 Å². The second kappa shape index (κ2) is 16.7. The van der Waals surface area contributed by atoms with Crippen molar-refractivity contribution in [1.29, 1.82) is 0 Å². The third-order valence-corrected chi connectivity index (χ3v) is 9.44. The predicted molar refractivity (Wildman–Crippen MR) is 194 cm³/mol. The van der Waals surface area contributed by atoms with Gasteiger partial charge in [-0.05, 0) is 69.2 Å². The fourth-order valence-corrected chi connectivity index (χ4v) is 6.76. The lowest BCUT2D eigenvalue weighted by Crippen LogP contribution is -2.30. The molecule has 13 nitrogen and oxygen atoms in total. The Morgan fingerprint density at radius 3 is 2.04 bits per heavy atom. The molecule has 0 aliphatic carbocycles. The fourth-order valence-electron chi connectivity index (χ4n) is 5.05. The molecule has 0 radical (unpaired) electrons. The van der Waals surface area contributed by atoms with Crippen molar-refractivity contribution in [2.75, 3.05) is 31.8 Å². The van der Waals surface area contributed by atoms with Crippen molar-refractivity contribution in [2.24, 2.45) is 5.41 Å². The molecule has 0 saturated carbocycles. The van der Waals surface area contributed by atoms with Gasteiger partial charge in [0.15, 0.2) is 11.5 Å². The summed E-state index contributed by atoms with van der Waals surface area (Å²) in [6, 6.07) is 14.5. The van der Waals surface area contributed by atoms with Gasteiger partial charge in [-0.15, -0.1) is 0 Å². The van der Waals surface area contributed by atoms with Gasteiger partial charge in [-0.3, -0.25) is 14.7 Å². The van der Waals surface area contributed by atoms with Gasteiger partial charge < -0.3 is 24.5 Å². The average molecular weight is 708 g/mol. The van der Waals surface area contributed by atoms with E-state index in [4.69, 9.17) is 19.9 Å². The number of rotatable bonds is 16. The van der Waals surface area contributed by atoms with Crippen LogP contribution >= 0.6 is 7.44 Å². The molecule has 4 N–H and O–H groups in total. The molecule has 2 aromatic carbocycles. The monoisotopic (exact) mass is 707 g/mol. The standard InChI is InChI=1S/C36H50N7O6P/c1-25(20-43-23-40-30-31(37)38-22-39-32(30)43)48-24-50(46,42-19-17-27-13-9-11-15-29(27)34(45)49-36(5,6)7)41-18-16-26-12-8-10-14-28(26)33(44)47-21-35(2,3)4/h8-15,22-23,25H,16-21,24H2,1-7H3,(H2,37,38,39)(H2,41,42,46)/t25-,50+/m1/s1. The van der Waals surface area contributed by atoms with Crippen molar-refractivity contribution in [2.45, 2.75) is 79.6 Å². The van der Waals surface area contributed by atoms with E-state index in [-0.39, 0.29) is 23.7 Å². The fraction of sp³-hybridized carbons (Fsp3) is 0.472. The van der Waals surface area contributed by atoms with Crippen LogP contribution in [-0.2, 0) is 38.2 Å². The lowest BCUT2D eigenvalue weighted by molar-refractivity contribution is 0.00680. The summed E-state index contributed by atoms with van der Waals surface area (Å²) in [6.07, 6.45) is 3.35. The number of nitrogen functional groups attached to an aromatic ring is 1. The molecule has 0 aliphatic heterocycles. The van der Waals surface area contributed by atoms with Gasteiger partial charge in [0.05, 0.1) is 36.7 Å². The van der Waals surface area contributed by atoms with E-state index >= 15 is 0 Å². The van der Waals surface area contributed by atoms with Gasteiger partial charge in [0.25, 0.3) is 0 Å². The molecule has 0 fully saturated rings. The van der Waals surface area contributed by atoms with Gasteiger partial charge in [0, 0.05) is 13.1 Å². The first kappa shape index (κ1) is 38.6. The van der Waals surface area contributed by atoms with Gasteiger partial charge in [0.1, 0.15) is 23.8 Å². The number of fused-ring (bicyclic) bond motifs is 1. The first-order valence-corrected chi connectivity index (χ1v) is 18.6. The Bertz CT molecular complexity index is 1810. The number of anilines is 1. The van der Waals surface area contributed by atoms with Crippen molar-refractivity contribution in [3.63, 3.8) is 0 Å². The van der Waals surface area contributed by atoms with Crippen LogP contribution in [0.1, 0.15) is 80.3 Å². The molecule has 50 heavy (non-hydrogen) atoms. The third-order valence-electron chi connectivity index (χ3n) is 7.46. The van der Waals surface area contributed by atoms with E-state index in [2.05, 4.69) is 25.1 Å². The number of nitrogens with zero attached hydrogens (tertiary/aromatic N) is 4. The zero-order valence-corrected chi connectivity index (χ0v) is 31.0. The van der Waals surface area contributed by atoms with Crippen LogP contribution in [0, 0.1) is 5.41 Å². The first-order valence-electron chi connectivity index (χ1n) is 16.7. The summed E-state index contributed by atoms with van der Waals surface area (Å²) in [5.74, 6) is -0.514. The van der Waals surface area contributed by atoms with Crippen LogP contribution in [-0.4, -0.2) is 69.2 Å². The Labute approximate surface area is 294 Å². The van der Waals surface area contributed by atoms with Crippen LogP contribution in [0.2, 0.25) is 0 Å². The summed E-state index contributed by atoms with van der Waals surface area (Å²) >= 11 is 0. The Hall–Kier alpha value is -4.16. The summed E-state index contributed by atoms with van der Waals surface area (Å²) in [5, 5.41) is 6.38. The molecule has 2 aromatic heterocycles. The van der Waals surface area contributed by atoms with Crippen molar-refractivity contribution in [3.8, 4) is 0 Å². The maximum atomic E-state index is 14.4. The minimum Gasteiger partial charge on any atom is -0.462 e. The molecule has 2 atom stereocenters. The highest BCUT2D eigenvalue weighted by Crippen LogP contribution is 2.36. The zero-order valence-electron chi connectivity index (χ0n) is 30.1. The minimum absolute atomic E-state index is 0.124. The summed E-state index contributed by atoms with van der Waals surface area (Å²) < 4.78 is 33.5. The molecule has 14 heteroatoms. The number of aromatic nitrogens is 4. The number of ether oxygens (including phenoxy) is 3. The predicted octanol–water partition coefficient (Wildman–Crippen LogP) is 5.79. The molecule has 0 amide bonds. The van der Waals surface area contributed by atoms with Crippen molar-refractivity contribution >= 4 is 36.4 Å². The van der Waals surface area contributed by atoms with E-state index in [0.717, 1.165) is 11.1 Å². The molecule has 4 rings (SSSR count). The van der Waals surface area contributed by atoms with Crippen LogP contribution < -0.4 is 15.9 Å². The van der Waals surface area contributed by atoms with Crippen molar-refractivity contribution in [1.82, 2.24) is 29.7 Å². The molecule has 2 heterocycles. The Balaban J connectivity index is 1.45. The van der Waals surface area contributed by atoms with E-state index in [1.54, 1.807) is 30.6 Å². The van der Waals surface area contributed by atoms with Gasteiger partial charge in [-0.2, -0.15) is 0 Å². The number of carbonyl (C=O) groups is 2. The summed E-state index contributed by atoms with van der Waals surface area (Å²) in [6.45, 7) is 14.6. The van der Waals surface area contributed by atoms with Crippen molar-refractivity contribution in [3.05, 3.63) is 83.4 Å². The van der Waals surface area contributed by atoms with E-state index in [1.165, 1.54) is 6.33 Å². The zero-order chi connectivity index (χ0) is 36.5. The summed E-state index contributed by atoms with van der Waals surface area (Å²) in [7, 11) is -3.36. The number of nitrogens with one attached hydrogen (secondary N) is 2. The third kappa shape index (κ3) is 11.4. The highest BCUT2D eigenvalue weighted by atomic mass is 31.2. The van der Waals surface area contributed by atoms with E-state index < -0.39 is 25.0 Å². The number of nitrogens with two attached hydrogens (primary N) is 1. The van der Waals surface area contributed by atoms with Gasteiger partial charge >= 0.3 is 11.9 Å². The maximum absolute atomic E-state index is 14.4. The van der Waals surface area contributed by atoms with E-state index in [9.17, 15) is 14.2 Å². The lowest BCUT2D eigenvalue weighted by Gasteiger charge is -2.24. The molecule has 0 bridgehead atoms. The largest absolute Gasteiger partial charge is 0.462 e. The summed E-state index contributed by atoms with van der Waals surface area (Å²) in [4.78, 5) is 38.4. The lowest BCUT2D eigenvalue weighted by atomic mass is 9.98. The normalized spacial score (nSPS) is 13.9. The molecular weight excluding hydrogens is 657 g/mol. The quantitative estimate of drug-likeness (QED) is 0.0947. The number of benzene rings is 2. The second-order valence-corrected chi connectivity index (χ2v) is 16.8. The molecule has 0 spiro atoms. The van der Waals surface area contributed by atoms with Crippen LogP contribution in [0.4, 0.5) is 5.82 Å².